The predicted octanol–water partition coefficient (Wildman–Crippen LogP) is 2.45. The molecule has 102 valence electrons. The molecule has 2 bridgehead atoms. The minimum Gasteiger partial charge on any atom is -0.490 e. The Morgan fingerprint density at radius 2 is 2.37 bits per heavy atom. The van der Waals surface area contributed by atoms with Gasteiger partial charge in [-0.3, -0.25) is 0 Å². The summed E-state index contributed by atoms with van der Waals surface area (Å²) < 4.78 is 11.9. The zero-order valence-corrected chi connectivity index (χ0v) is 12.2. The van der Waals surface area contributed by atoms with Crippen molar-refractivity contribution in [1.29, 1.82) is 0 Å². The van der Waals surface area contributed by atoms with Gasteiger partial charge in [0.2, 0.25) is 0 Å². The number of nitrogens with zero attached hydrogens (tertiary/aromatic N) is 1. The summed E-state index contributed by atoms with van der Waals surface area (Å²) in [5.74, 6) is 1.64. The summed E-state index contributed by atoms with van der Waals surface area (Å²) in [6.45, 7) is 4.67. The van der Waals surface area contributed by atoms with Crippen molar-refractivity contribution in [2.24, 2.45) is 0 Å². The summed E-state index contributed by atoms with van der Waals surface area (Å²) in [6, 6.07) is 6.21. The highest BCUT2D eigenvalue weighted by atomic mass is 32.1. The Morgan fingerprint density at radius 3 is 3.11 bits per heavy atom. The van der Waals surface area contributed by atoms with Crippen LogP contribution in [0.5, 0.6) is 11.5 Å². The Kier molecular flexibility index (Phi) is 2.82. The standard InChI is InChI=1S/C14H18N2O2S/c1-4-17-11-7-5-6-9-10-8-14(2,18-12(9)11)16(3)13(19)15-10/h5-7,10H,4,8H2,1-3H3,(H,15,19). The van der Waals surface area contributed by atoms with E-state index in [1.54, 1.807) is 0 Å². The highest BCUT2D eigenvalue weighted by molar-refractivity contribution is 7.80. The van der Waals surface area contributed by atoms with Crippen LogP contribution in [0, 0.1) is 0 Å². The van der Waals surface area contributed by atoms with E-state index >= 15 is 0 Å². The molecule has 1 N–H and O–H groups in total. The molecule has 0 saturated carbocycles. The van der Waals surface area contributed by atoms with Crippen LogP contribution in [0.4, 0.5) is 0 Å². The van der Waals surface area contributed by atoms with Crippen LogP contribution in [0.2, 0.25) is 0 Å². The average Bonchev–Trinajstić information content (AvgIpc) is 2.38. The van der Waals surface area contributed by atoms with E-state index in [1.165, 1.54) is 0 Å². The normalized spacial score (nSPS) is 28.3. The number of fused-ring (bicyclic) bond motifs is 4. The monoisotopic (exact) mass is 278 g/mol. The topological polar surface area (TPSA) is 33.7 Å². The summed E-state index contributed by atoms with van der Waals surface area (Å²) in [5.41, 5.74) is 0.714. The third kappa shape index (κ3) is 1.84. The molecular formula is C14H18N2O2S. The van der Waals surface area contributed by atoms with E-state index in [4.69, 9.17) is 21.7 Å². The molecule has 2 heterocycles. The van der Waals surface area contributed by atoms with Gasteiger partial charge in [0.1, 0.15) is 0 Å². The summed E-state index contributed by atoms with van der Waals surface area (Å²) in [5, 5.41) is 4.10. The number of nitrogens with one attached hydrogen (secondary N) is 1. The lowest BCUT2D eigenvalue weighted by molar-refractivity contribution is -0.0580. The van der Waals surface area contributed by atoms with E-state index in [9.17, 15) is 0 Å². The molecule has 19 heavy (non-hydrogen) atoms. The minimum atomic E-state index is -0.410. The van der Waals surface area contributed by atoms with Gasteiger partial charge in [0.15, 0.2) is 22.3 Å². The molecule has 0 spiro atoms. The van der Waals surface area contributed by atoms with Gasteiger partial charge in [0, 0.05) is 19.0 Å². The lowest BCUT2D eigenvalue weighted by Crippen LogP contribution is -2.63. The highest BCUT2D eigenvalue weighted by Gasteiger charge is 2.46. The van der Waals surface area contributed by atoms with Crippen LogP contribution in [0.25, 0.3) is 0 Å². The fourth-order valence-corrected chi connectivity index (χ4v) is 3.07. The molecule has 1 saturated heterocycles. The smallest absolute Gasteiger partial charge is 0.184 e. The van der Waals surface area contributed by atoms with Crippen LogP contribution >= 0.6 is 12.2 Å². The van der Waals surface area contributed by atoms with E-state index in [-0.39, 0.29) is 6.04 Å². The zero-order chi connectivity index (χ0) is 13.6. The molecule has 3 rings (SSSR count). The predicted molar refractivity (Wildman–Crippen MR) is 77.5 cm³/mol. The van der Waals surface area contributed by atoms with Gasteiger partial charge in [-0.2, -0.15) is 0 Å². The van der Waals surface area contributed by atoms with Crippen LogP contribution < -0.4 is 14.8 Å². The Bertz CT molecular complexity index is 534. The summed E-state index contributed by atoms with van der Waals surface area (Å²) in [4.78, 5) is 1.98. The Balaban J connectivity index is 2.09. The third-order valence-electron chi connectivity index (χ3n) is 3.90. The van der Waals surface area contributed by atoms with Gasteiger partial charge < -0.3 is 19.7 Å². The first-order chi connectivity index (χ1) is 9.05. The second-order valence-corrected chi connectivity index (χ2v) is 5.54. The van der Waals surface area contributed by atoms with Crippen LogP contribution in [0.3, 0.4) is 0 Å². The molecule has 4 nitrogen and oxygen atoms in total. The molecule has 2 aliphatic heterocycles. The van der Waals surface area contributed by atoms with Crippen LogP contribution in [-0.4, -0.2) is 29.4 Å². The fraction of sp³-hybridized carbons (Fsp3) is 0.500. The molecule has 0 aromatic heterocycles. The number of ether oxygens (including phenoxy) is 2. The summed E-state index contributed by atoms with van der Waals surface area (Å²) >= 11 is 5.37. The van der Waals surface area contributed by atoms with Gasteiger partial charge in [0.05, 0.1) is 12.6 Å². The highest BCUT2D eigenvalue weighted by Crippen LogP contribution is 2.47. The number of thiocarbonyl (C=S) groups is 1. The van der Waals surface area contributed by atoms with Crippen LogP contribution in [-0.2, 0) is 0 Å². The molecule has 5 heteroatoms. The molecule has 2 aliphatic rings. The van der Waals surface area contributed by atoms with Gasteiger partial charge in [-0.1, -0.05) is 12.1 Å². The number of rotatable bonds is 2. The van der Waals surface area contributed by atoms with Crippen molar-refractivity contribution < 1.29 is 9.47 Å². The van der Waals surface area contributed by atoms with Crippen molar-refractivity contribution in [3.63, 3.8) is 0 Å². The number of hydrogen-bond donors (Lipinski definition) is 1. The molecule has 2 unspecified atom stereocenters. The maximum atomic E-state index is 6.23. The first-order valence-corrected chi connectivity index (χ1v) is 6.95. The van der Waals surface area contributed by atoms with Gasteiger partial charge in [-0.05, 0) is 32.1 Å². The molecule has 0 amide bonds. The average molecular weight is 278 g/mol. The molecule has 0 aliphatic carbocycles. The van der Waals surface area contributed by atoms with Gasteiger partial charge in [0.25, 0.3) is 0 Å². The number of hydrogen-bond acceptors (Lipinski definition) is 3. The Morgan fingerprint density at radius 1 is 1.58 bits per heavy atom. The van der Waals surface area contributed by atoms with Gasteiger partial charge in [-0.15, -0.1) is 0 Å². The van der Waals surface area contributed by atoms with E-state index in [1.807, 2.05) is 31.0 Å². The minimum absolute atomic E-state index is 0.192. The zero-order valence-electron chi connectivity index (χ0n) is 11.4. The Hall–Kier alpha value is -1.49. The van der Waals surface area contributed by atoms with Crippen molar-refractivity contribution in [2.45, 2.75) is 32.0 Å². The summed E-state index contributed by atoms with van der Waals surface area (Å²) in [7, 11) is 1.96. The van der Waals surface area contributed by atoms with Crippen molar-refractivity contribution in [3.8, 4) is 11.5 Å². The fourth-order valence-electron chi connectivity index (χ4n) is 2.73. The van der Waals surface area contributed by atoms with Crippen molar-refractivity contribution in [1.82, 2.24) is 10.2 Å². The van der Waals surface area contributed by atoms with Crippen LogP contribution in [0.15, 0.2) is 18.2 Å². The molecule has 1 aromatic carbocycles. The van der Waals surface area contributed by atoms with Gasteiger partial charge >= 0.3 is 0 Å². The second-order valence-electron chi connectivity index (χ2n) is 5.15. The van der Waals surface area contributed by atoms with E-state index < -0.39 is 5.72 Å². The van der Waals surface area contributed by atoms with E-state index in [0.717, 1.165) is 28.6 Å². The van der Waals surface area contributed by atoms with E-state index in [0.29, 0.717) is 6.61 Å². The SMILES string of the molecule is CCOc1cccc2c1OC1(C)CC2NC(=S)N1C. The lowest BCUT2D eigenvalue weighted by Gasteiger charge is -2.51. The summed E-state index contributed by atoms with van der Waals surface area (Å²) in [6.07, 6.45) is 0.867. The maximum absolute atomic E-state index is 6.23. The largest absolute Gasteiger partial charge is 0.490 e. The van der Waals surface area contributed by atoms with Crippen LogP contribution in [0.1, 0.15) is 31.9 Å². The molecule has 0 radical (unpaired) electrons. The quantitative estimate of drug-likeness (QED) is 0.840. The van der Waals surface area contributed by atoms with Crippen molar-refractivity contribution in [3.05, 3.63) is 23.8 Å². The van der Waals surface area contributed by atoms with E-state index in [2.05, 4.69) is 18.3 Å². The molecular weight excluding hydrogens is 260 g/mol. The maximum Gasteiger partial charge on any atom is 0.184 e. The number of benzene rings is 1. The molecule has 2 atom stereocenters. The molecule has 1 fully saturated rings. The van der Waals surface area contributed by atoms with Crippen molar-refractivity contribution in [2.75, 3.05) is 13.7 Å². The number of para-hydroxylation sites is 1. The first kappa shape index (κ1) is 12.5. The second kappa shape index (κ2) is 4.27. The first-order valence-electron chi connectivity index (χ1n) is 6.54. The van der Waals surface area contributed by atoms with Gasteiger partial charge in [-0.25, -0.2) is 0 Å². The lowest BCUT2D eigenvalue weighted by atomic mass is 9.91. The Labute approximate surface area is 118 Å². The third-order valence-corrected chi connectivity index (χ3v) is 4.29. The van der Waals surface area contributed by atoms with Crippen molar-refractivity contribution >= 4 is 17.3 Å². The molecule has 1 aromatic rings.